The van der Waals surface area contributed by atoms with Crippen LogP contribution in [0.5, 0.6) is 0 Å². The number of amides is 1. The maximum absolute atomic E-state index is 12.4. The van der Waals surface area contributed by atoms with Crippen LogP contribution in [0, 0.1) is 0 Å². The van der Waals surface area contributed by atoms with Crippen LogP contribution in [-0.2, 0) is 31.5 Å². The van der Waals surface area contributed by atoms with Crippen molar-refractivity contribution in [1.29, 1.82) is 0 Å². The third-order valence-electron chi connectivity index (χ3n) is 4.60. The Labute approximate surface area is 181 Å². The Morgan fingerprint density at radius 3 is 2.53 bits per heavy atom. The molecule has 0 aromatic carbocycles. The molecule has 3 rings (SSSR count). The van der Waals surface area contributed by atoms with Crippen molar-refractivity contribution in [3.63, 3.8) is 0 Å². The molecule has 2 aromatic heterocycles. The van der Waals surface area contributed by atoms with Crippen LogP contribution in [-0.4, -0.2) is 60.3 Å². The van der Waals surface area contributed by atoms with E-state index in [2.05, 4.69) is 27.1 Å². The number of hydrogen-bond donors (Lipinski definition) is 2. The summed E-state index contributed by atoms with van der Waals surface area (Å²) in [6, 6.07) is 1.51. The molecule has 2 N–H and O–H groups in total. The van der Waals surface area contributed by atoms with E-state index < -0.39 is 12.1 Å². The molecule has 32 heavy (non-hydrogen) atoms. The summed E-state index contributed by atoms with van der Waals surface area (Å²) in [6.45, 7) is 5.70. The number of aliphatic carboxylic acids is 1. The van der Waals surface area contributed by atoms with Gasteiger partial charge in [-0.3, -0.25) is 19.1 Å². The predicted molar refractivity (Wildman–Crippen MR) is 107 cm³/mol. The van der Waals surface area contributed by atoms with Gasteiger partial charge < -0.3 is 15.0 Å². The highest BCUT2D eigenvalue weighted by Gasteiger charge is 2.38. The van der Waals surface area contributed by atoms with Crippen molar-refractivity contribution >= 4 is 11.9 Å². The summed E-state index contributed by atoms with van der Waals surface area (Å²) in [5.41, 5.74) is 0.529. The van der Waals surface area contributed by atoms with Crippen LogP contribution in [0.2, 0.25) is 0 Å². The van der Waals surface area contributed by atoms with Crippen molar-refractivity contribution < 1.29 is 27.9 Å². The van der Waals surface area contributed by atoms with Gasteiger partial charge in [-0.25, -0.2) is 14.8 Å². The number of carbonyl (C=O) groups is 2. The van der Waals surface area contributed by atoms with E-state index in [1.54, 1.807) is 28.6 Å². The molecule has 0 saturated heterocycles. The third-order valence-corrected chi connectivity index (χ3v) is 4.60. The van der Waals surface area contributed by atoms with Crippen LogP contribution in [0.1, 0.15) is 41.9 Å². The molecule has 0 atom stereocenters. The lowest BCUT2D eigenvalue weighted by atomic mass is 10.3. The maximum atomic E-state index is 12.4. The Morgan fingerprint density at radius 1 is 1.28 bits per heavy atom. The van der Waals surface area contributed by atoms with Gasteiger partial charge in [-0.05, 0) is 19.4 Å². The van der Waals surface area contributed by atoms with Crippen molar-refractivity contribution in [2.75, 3.05) is 13.1 Å². The smallest absolute Gasteiger partial charge is 0.475 e. The van der Waals surface area contributed by atoms with Gasteiger partial charge in [-0.1, -0.05) is 6.92 Å². The predicted octanol–water partition coefficient (Wildman–Crippen LogP) is 1.16. The van der Waals surface area contributed by atoms with Crippen molar-refractivity contribution in [2.45, 2.75) is 45.6 Å². The normalized spacial score (nSPS) is 14.0. The molecule has 0 aliphatic carbocycles. The second kappa shape index (κ2) is 10.9. The molecule has 10 nitrogen and oxygen atoms in total. The number of alkyl halides is 3. The van der Waals surface area contributed by atoms with E-state index in [0.717, 1.165) is 31.8 Å². The third kappa shape index (κ3) is 6.90. The molecule has 0 saturated carbocycles. The van der Waals surface area contributed by atoms with E-state index in [0.29, 0.717) is 24.6 Å². The zero-order valence-electron chi connectivity index (χ0n) is 17.7. The number of imidazole rings is 1. The summed E-state index contributed by atoms with van der Waals surface area (Å²) < 4.78 is 35.1. The largest absolute Gasteiger partial charge is 0.490 e. The molecule has 3 heterocycles. The SMILES string of the molecule is CCCN1CCCn2c(nc(CNC(=O)c3nccn3C)cc2=O)C1.O=C(O)C(F)(F)F. The summed E-state index contributed by atoms with van der Waals surface area (Å²) in [6.07, 6.45) is 0.224. The summed E-state index contributed by atoms with van der Waals surface area (Å²) in [5, 5.41) is 9.91. The fraction of sp³-hybridized carbons (Fsp3) is 0.526. The minimum absolute atomic E-state index is 0.0513. The summed E-state index contributed by atoms with van der Waals surface area (Å²) in [4.78, 5) is 44.4. The number of carbonyl (C=O) groups excluding carboxylic acids is 1. The van der Waals surface area contributed by atoms with Crippen LogP contribution in [0.25, 0.3) is 0 Å². The van der Waals surface area contributed by atoms with Crippen LogP contribution in [0.3, 0.4) is 0 Å². The number of carboxylic acids is 1. The number of hydrogen-bond acceptors (Lipinski definition) is 6. The Morgan fingerprint density at radius 2 is 1.97 bits per heavy atom. The molecule has 1 aliphatic rings. The molecule has 2 aromatic rings. The monoisotopic (exact) mass is 458 g/mol. The molecule has 0 radical (unpaired) electrons. The lowest BCUT2D eigenvalue weighted by molar-refractivity contribution is -0.192. The second-order valence-corrected chi connectivity index (χ2v) is 7.13. The number of nitrogens with one attached hydrogen (secondary N) is 1. The first kappa shape index (κ1) is 25.0. The second-order valence-electron chi connectivity index (χ2n) is 7.13. The van der Waals surface area contributed by atoms with Gasteiger partial charge in [0.1, 0.15) is 5.82 Å². The number of fused-ring (bicyclic) bond motifs is 1. The Balaban J connectivity index is 0.000000451. The fourth-order valence-electron chi connectivity index (χ4n) is 3.13. The molecule has 1 amide bonds. The first-order valence-electron chi connectivity index (χ1n) is 9.90. The van der Waals surface area contributed by atoms with Crippen LogP contribution in [0.4, 0.5) is 13.2 Å². The zero-order valence-corrected chi connectivity index (χ0v) is 17.7. The van der Waals surface area contributed by atoms with Gasteiger partial charge in [-0.2, -0.15) is 13.2 Å². The number of carboxylic acid groups (broad SMARTS) is 1. The fourth-order valence-corrected chi connectivity index (χ4v) is 3.13. The zero-order chi connectivity index (χ0) is 23.9. The average Bonchev–Trinajstić information content (AvgIpc) is 3.02. The average molecular weight is 458 g/mol. The van der Waals surface area contributed by atoms with Crippen molar-refractivity contribution in [2.24, 2.45) is 7.05 Å². The number of aryl methyl sites for hydroxylation is 1. The molecule has 0 bridgehead atoms. The standard InChI is InChI=1S/C17H24N6O2.C2HF3O2/c1-3-6-22-7-4-8-23-14(12-22)20-13(10-15(23)24)11-19-17(25)16-18-5-9-21(16)2;3-2(4,5)1(6)7/h5,9-10H,3-4,6-8,11-12H2,1-2H3,(H,19,25);(H,6,7). The van der Waals surface area contributed by atoms with E-state index in [1.165, 1.54) is 6.07 Å². The lowest BCUT2D eigenvalue weighted by Crippen LogP contribution is -2.30. The van der Waals surface area contributed by atoms with Gasteiger partial charge in [0.2, 0.25) is 0 Å². The van der Waals surface area contributed by atoms with E-state index in [9.17, 15) is 22.8 Å². The number of aromatic nitrogens is 4. The van der Waals surface area contributed by atoms with Crippen molar-refractivity contribution in [3.8, 4) is 0 Å². The van der Waals surface area contributed by atoms with E-state index in [4.69, 9.17) is 9.90 Å². The van der Waals surface area contributed by atoms with Crippen LogP contribution >= 0.6 is 0 Å². The Hall–Kier alpha value is -3.22. The first-order valence-corrected chi connectivity index (χ1v) is 9.90. The van der Waals surface area contributed by atoms with Gasteiger partial charge in [0, 0.05) is 38.6 Å². The highest BCUT2D eigenvalue weighted by Crippen LogP contribution is 2.13. The molecule has 0 spiro atoms. The lowest BCUT2D eigenvalue weighted by Gasteiger charge is -2.18. The number of halogens is 3. The molecule has 176 valence electrons. The topological polar surface area (TPSA) is 122 Å². The minimum atomic E-state index is -5.08. The van der Waals surface area contributed by atoms with Gasteiger partial charge in [0.25, 0.3) is 11.5 Å². The first-order chi connectivity index (χ1) is 15.0. The molecule has 1 aliphatic heterocycles. The Kier molecular flexibility index (Phi) is 8.52. The summed E-state index contributed by atoms with van der Waals surface area (Å²) in [5.74, 6) is -1.93. The van der Waals surface area contributed by atoms with E-state index in [-0.39, 0.29) is 18.0 Å². The molecular weight excluding hydrogens is 433 g/mol. The Bertz CT molecular complexity index is 1000. The molecular formula is C19H25F3N6O4. The maximum Gasteiger partial charge on any atom is 0.490 e. The molecule has 13 heteroatoms. The van der Waals surface area contributed by atoms with Crippen molar-refractivity contribution in [1.82, 2.24) is 29.3 Å². The van der Waals surface area contributed by atoms with Gasteiger partial charge >= 0.3 is 12.1 Å². The van der Waals surface area contributed by atoms with Crippen LogP contribution < -0.4 is 10.9 Å². The van der Waals surface area contributed by atoms with Crippen LogP contribution in [0.15, 0.2) is 23.3 Å². The van der Waals surface area contributed by atoms with Gasteiger partial charge in [0.05, 0.1) is 18.8 Å². The highest BCUT2D eigenvalue weighted by atomic mass is 19.4. The van der Waals surface area contributed by atoms with Crippen molar-refractivity contribution in [3.05, 3.63) is 46.2 Å². The minimum Gasteiger partial charge on any atom is -0.475 e. The summed E-state index contributed by atoms with van der Waals surface area (Å²) >= 11 is 0. The quantitative estimate of drug-likeness (QED) is 0.689. The van der Waals surface area contributed by atoms with Gasteiger partial charge in [0.15, 0.2) is 5.82 Å². The van der Waals surface area contributed by atoms with E-state index >= 15 is 0 Å². The van der Waals surface area contributed by atoms with E-state index in [1.807, 2.05) is 0 Å². The number of nitrogens with zero attached hydrogens (tertiary/aromatic N) is 5. The highest BCUT2D eigenvalue weighted by molar-refractivity contribution is 5.90. The molecule has 0 fully saturated rings. The number of rotatable bonds is 5. The molecule has 0 unspecified atom stereocenters. The summed E-state index contributed by atoms with van der Waals surface area (Å²) in [7, 11) is 1.76. The van der Waals surface area contributed by atoms with Gasteiger partial charge in [-0.15, -0.1) is 0 Å².